The molecule has 0 radical (unpaired) electrons. The lowest BCUT2D eigenvalue weighted by Gasteiger charge is -2.14. The molecule has 2 rings (SSSR count). The average molecular weight is 291 g/mol. The number of aromatic nitrogens is 2. The van der Waals surface area contributed by atoms with Crippen LogP contribution in [0.15, 0.2) is 16.7 Å². The second-order valence-corrected chi connectivity index (χ2v) is 4.95. The van der Waals surface area contributed by atoms with Crippen molar-refractivity contribution in [2.45, 2.75) is 20.4 Å². The molecule has 0 saturated heterocycles. The zero-order chi connectivity index (χ0) is 15.7. The predicted octanol–water partition coefficient (Wildman–Crippen LogP) is 1.60. The van der Waals surface area contributed by atoms with Gasteiger partial charge in [0.1, 0.15) is 17.1 Å². The van der Waals surface area contributed by atoms with E-state index in [9.17, 15) is 9.59 Å². The summed E-state index contributed by atoms with van der Waals surface area (Å²) in [6.45, 7) is 3.54. The highest BCUT2D eigenvalue weighted by Crippen LogP contribution is 2.17. The van der Waals surface area contributed by atoms with Crippen LogP contribution >= 0.6 is 0 Å². The molecule has 0 atom stereocenters. The molecule has 0 fully saturated rings. The SMILES string of the molecule is Cc1nn(C)cc1C(=O)N(C)Cc1cc(C(=O)O)c(C)o1. The van der Waals surface area contributed by atoms with Crippen molar-refractivity contribution in [3.05, 3.63) is 40.6 Å². The molecule has 2 aromatic rings. The van der Waals surface area contributed by atoms with Crippen LogP contribution in [0, 0.1) is 13.8 Å². The summed E-state index contributed by atoms with van der Waals surface area (Å²) in [5, 5.41) is 13.1. The molecule has 0 unspecified atom stereocenters. The van der Waals surface area contributed by atoms with Gasteiger partial charge in [-0.1, -0.05) is 0 Å². The summed E-state index contributed by atoms with van der Waals surface area (Å²) in [6, 6.07) is 1.44. The van der Waals surface area contributed by atoms with Gasteiger partial charge in [0, 0.05) is 20.3 Å². The molecule has 112 valence electrons. The molecule has 0 aliphatic rings. The number of rotatable bonds is 4. The lowest BCUT2D eigenvalue weighted by Crippen LogP contribution is -2.26. The van der Waals surface area contributed by atoms with Crippen molar-refractivity contribution in [2.75, 3.05) is 7.05 Å². The largest absolute Gasteiger partial charge is 0.478 e. The Morgan fingerprint density at radius 1 is 1.38 bits per heavy atom. The molecule has 0 spiro atoms. The maximum atomic E-state index is 12.3. The van der Waals surface area contributed by atoms with Crippen molar-refractivity contribution in [2.24, 2.45) is 7.05 Å². The highest BCUT2D eigenvalue weighted by atomic mass is 16.4. The Bertz CT molecular complexity index is 699. The van der Waals surface area contributed by atoms with E-state index in [1.54, 1.807) is 38.8 Å². The molecule has 0 aromatic carbocycles. The van der Waals surface area contributed by atoms with Gasteiger partial charge >= 0.3 is 5.97 Å². The normalized spacial score (nSPS) is 10.7. The van der Waals surface area contributed by atoms with E-state index < -0.39 is 5.97 Å². The minimum atomic E-state index is -1.04. The first-order valence-corrected chi connectivity index (χ1v) is 6.38. The zero-order valence-corrected chi connectivity index (χ0v) is 12.4. The summed E-state index contributed by atoms with van der Waals surface area (Å²) in [6.07, 6.45) is 1.66. The van der Waals surface area contributed by atoms with Gasteiger partial charge < -0.3 is 14.4 Å². The lowest BCUT2D eigenvalue weighted by atomic mass is 10.2. The smallest absolute Gasteiger partial charge is 0.339 e. The van der Waals surface area contributed by atoms with E-state index in [0.717, 1.165) is 0 Å². The van der Waals surface area contributed by atoms with E-state index in [0.29, 0.717) is 22.8 Å². The number of aromatic carboxylic acids is 1. The minimum Gasteiger partial charge on any atom is -0.478 e. The van der Waals surface area contributed by atoms with Crippen LogP contribution in [0.2, 0.25) is 0 Å². The molecular weight excluding hydrogens is 274 g/mol. The van der Waals surface area contributed by atoms with Crippen molar-refractivity contribution in [3.63, 3.8) is 0 Å². The quantitative estimate of drug-likeness (QED) is 0.924. The molecule has 2 heterocycles. The van der Waals surface area contributed by atoms with Gasteiger partial charge in [-0.15, -0.1) is 0 Å². The third-order valence-corrected chi connectivity index (χ3v) is 3.18. The molecular formula is C14H17N3O4. The third kappa shape index (κ3) is 2.96. The van der Waals surface area contributed by atoms with Crippen molar-refractivity contribution < 1.29 is 19.1 Å². The highest BCUT2D eigenvalue weighted by Gasteiger charge is 2.20. The van der Waals surface area contributed by atoms with Crippen molar-refractivity contribution in [3.8, 4) is 0 Å². The number of hydrogen-bond acceptors (Lipinski definition) is 4. The van der Waals surface area contributed by atoms with Crippen molar-refractivity contribution in [1.82, 2.24) is 14.7 Å². The fourth-order valence-corrected chi connectivity index (χ4v) is 2.15. The van der Waals surface area contributed by atoms with Crippen LogP contribution in [0.3, 0.4) is 0 Å². The number of nitrogens with zero attached hydrogens (tertiary/aromatic N) is 3. The minimum absolute atomic E-state index is 0.114. The summed E-state index contributed by atoms with van der Waals surface area (Å²) in [4.78, 5) is 24.8. The van der Waals surface area contributed by atoms with Crippen LogP contribution in [0.1, 0.15) is 37.9 Å². The van der Waals surface area contributed by atoms with Gasteiger partial charge in [0.25, 0.3) is 5.91 Å². The molecule has 21 heavy (non-hydrogen) atoms. The van der Waals surface area contributed by atoms with E-state index >= 15 is 0 Å². The molecule has 0 saturated carbocycles. The molecule has 7 heteroatoms. The second kappa shape index (κ2) is 5.43. The Morgan fingerprint density at radius 2 is 2.05 bits per heavy atom. The first-order valence-electron chi connectivity index (χ1n) is 6.38. The van der Waals surface area contributed by atoms with Crippen LogP contribution in [-0.2, 0) is 13.6 Å². The summed E-state index contributed by atoms with van der Waals surface area (Å²) in [7, 11) is 3.38. The lowest BCUT2D eigenvalue weighted by molar-refractivity contribution is 0.0694. The number of hydrogen-bond donors (Lipinski definition) is 1. The summed E-state index contributed by atoms with van der Waals surface area (Å²) in [5.41, 5.74) is 1.28. The molecule has 2 aromatic heterocycles. The van der Waals surface area contributed by atoms with Crippen LogP contribution < -0.4 is 0 Å². The number of amides is 1. The van der Waals surface area contributed by atoms with Gasteiger partial charge in [0.2, 0.25) is 0 Å². The summed E-state index contributed by atoms with van der Waals surface area (Å²) < 4.78 is 6.95. The first kappa shape index (κ1) is 14.8. The Kier molecular flexibility index (Phi) is 3.84. The van der Waals surface area contributed by atoms with Gasteiger partial charge in [0.15, 0.2) is 0 Å². The Hall–Kier alpha value is -2.57. The Labute approximate surface area is 121 Å². The molecule has 0 aliphatic heterocycles. The first-order chi connectivity index (χ1) is 9.79. The topological polar surface area (TPSA) is 88.6 Å². The van der Waals surface area contributed by atoms with Crippen LogP contribution in [-0.4, -0.2) is 38.7 Å². The fourth-order valence-electron chi connectivity index (χ4n) is 2.15. The van der Waals surface area contributed by atoms with Gasteiger partial charge in [-0.3, -0.25) is 9.48 Å². The molecule has 0 bridgehead atoms. The Balaban J connectivity index is 2.16. The van der Waals surface area contributed by atoms with Crippen LogP contribution in [0.4, 0.5) is 0 Å². The van der Waals surface area contributed by atoms with Crippen molar-refractivity contribution >= 4 is 11.9 Å². The Morgan fingerprint density at radius 3 is 2.52 bits per heavy atom. The summed E-state index contributed by atoms with van der Waals surface area (Å²) >= 11 is 0. The monoisotopic (exact) mass is 291 g/mol. The van der Waals surface area contributed by atoms with E-state index in [4.69, 9.17) is 9.52 Å². The fraction of sp³-hybridized carbons (Fsp3) is 0.357. The van der Waals surface area contributed by atoms with E-state index in [-0.39, 0.29) is 18.0 Å². The maximum Gasteiger partial charge on any atom is 0.339 e. The molecule has 0 aliphatic carbocycles. The van der Waals surface area contributed by atoms with Crippen LogP contribution in [0.25, 0.3) is 0 Å². The average Bonchev–Trinajstić information content (AvgIpc) is 2.91. The number of carbonyl (C=O) groups is 2. The van der Waals surface area contributed by atoms with E-state index in [1.165, 1.54) is 11.0 Å². The van der Waals surface area contributed by atoms with Crippen molar-refractivity contribution in [1.29, 1.82) is 0 Å². The van der Waals surface area contributed by atoms with Gasteiger partial charge in [0.05, 0.1) is 17.8 Å². The third-order valence-electron chi connectivity index (χ3n) is 3.18. The number of furan rings is 1. The van der Waals surface area contributed by atoms with Gasteiger partial charge in [-0.05, 0) is 19.9 Å². The molecule has 7 nitrogen and oxygen atoms in total. The molecule has 1 N–H and O–H groups in total. The molecule has 1 amide bonds. The number of carboxylic acid groups (broad SMARTS) is 1. The highest BCUT2D eigenvalue weighted by molar-refractivity contribution is 5.95. The zero-order valence-electron chi connectivity index (χ0n) is 12.4. The van der Waals surface area contributed by atoms with E-state index in [2.05, 4.69) is 5.10 Å². The van der Waals surface area contributed by atoms with Gasteiger partial charge in [-0.2, -0.15) is 5.10 Å². The number of aryl methyl sites for hydroxylation is 3. The van der Waals surface area contributed by atoms with Gasteiger partial charge in [-0.25, -0.2) is 4.79 Å². The standard InChI is InChI=1S/C14H17N3O4/c1-8-12(7-17(4)15-8)13(18)16(3)6-10-5-11(14(19)20)9(2)21-10/h5,7H,6H2,1-4H3,(H,19,20). The number of carboxylic acids is 1. The second-order valence-electron chi connectivity index (χ2n) is 4.95. The van der Waals surface area contributed by atoms with Crippen LogP contribution in [0.5, 0.6) is 0 Å². The number of carbonyl (C=O) groups excluding carboxylic acids is 1. The van der Waals surface area contributed by atoms with E-state index in [1.807, 2.05) is 0 Å². The maximum absolute atomic E-state index is 12.3. The predicted molar refractivity (Wildman–Crippen MR) is 74.1 cm³/mol. The summed E-state index contributed by atoms with van der Waals surface area (Å²) in [5.74, 6) is -0.468.